The minimum atomic E-state index is -1.03. The molecule has 8 nitrogen and oxygen atoms in total. The van der Waals surface area contributed by atoms with Crippen LogP contribution in [0.3, 0.4) is 0 Å². The molecule has 1 N–H and O–H groups in total. The minimum absolute atomic E-state index is 0.112. The van der Waals surface area contributed by atoms with E-state index in [9.17, 15) is 14.8 Å². The van der Waals surface area contributed by atoms with Gasteiger partial charge in [-0.1, -0.05) is 12.5 Å². The number of benzene rings is 1. The highest BCUT2D eigenvalue weighted by molar-refractivity contribution is 6.04. The summed E-state index contributed by atoms with van der Waals surface area (Å²) >= 11 is 0. The lowest BCUT2D eigenvalue weighted by Gasteiger charge is -2.30. The first-order valence-corrected chi connectivity index (χ1v) is 11.0. The minimum Gasteiger partial charge on any atom is -0.628 e. The normalized spacial score (nSPS) is 21.7. The van der Waals surface area contributed by atoms with E-state index in [1.807, 2.05) is 0 Å². The number of fused-ring (bicyclic) bond motifs is 1. The SMILES string of the molecule is COC(=O)CC(c1ccc(OC2CCCCC2)c(OC)c1)C1C(=O)c2ncccc2[NH+]1[O-]. The van der Waals surface area contributed by atoms with Crippen molar-refractivity contribution in [1.82, 2.24) is 4.98 Å². The number of ketones is 1. The number of carbonyl (C=O) groups is 2. The zero-order valence-corrected chi connectivity index (χ0v) is 18.3. The number of pyridine rings is 1. The summed E-state index contributed by atoms with van der Waals surface area (Å²) in [5, 5.41) is 12.8. The molecule has 0 spiro atoms. The van der Waals surface area contributed by atoms with Crippen LogP contribution in [0.4, 0.5) is 5.69 Å². The Morgan fingerprint density at radius 1 is 1.19 bits per heavy atom. The predicted molar refractivity (Wildman–Crippen MR) is 116 cm³/mol. The van der Waals surface area contributed by atoms with Gasteiger partial charge in [-0.05, 0) is 49.4 Å². The molecule has 2 heterocycles. The first-order valence-electron chi connectivity index (χ1n) is 11.0. The Hall–Kier alpha value is -2.97. The number of esters is 1. The Morgan fingerprint density at radius 2 is 1.97 bits per heavy atom. The van der Waals surface area contributed by atoms with E-state index in [4.69, 9.17) is 14.2 Å². The van der Waals surface area contributed by atoms with Gasteiger partial charge in [0.2, 0.25) is 5.78 Å². The third-order valence-corrected chi connectivity index (χ3v) is 6.35. The van der Waals surface area contributed by atoms with Gasteiger partial charge in [0.25, 0.3) is 0 Å². The topological polar surface area (TPSA) is 102 Å². The van der Waals surface area contributed by atoms with Gasteiger partial charge in [-0.3, -0.25) is 9.59 Å². The molecule has 32 heavy (non-hydrogen) atoms. The van der Waals surface area contributed by atoms with Crippen LogP contribution in [-0.4, -0.2) is 43.1 Å². The van der Waals surface area contributed by atoms with Crippen LogP contribution in [0.2, 0.25) is 0 Å². The van der Waals surface area contributed by atoms with E-state index in [0.717, 1.165) is 25.7 Å². The number of carbonyl (C=O) groups excluding carboxylic acids is 2. The van der Waals surface area contributed by atoms with Crippen LogP contribution in [0, 0.1) is 5.21 Å². The lowest BCUT2D eigenvalue weighted by atomic mass is 9.86. The molecule has 0 amide bonds. The predicted octanol–water partition coefficient (Wildman–Crippen LogP) is 2.73. The number of hydroxylamine groups is 1. The molecule has 1 fully saturated rings. The fourth-order valence-electron chi connectivity index (χ4n) is 4.67. The summed E-state index contributed by atoms with van der Waals surface area (Å²) in [7, 11) is 2.84. The molecule has 1 aliphatic carbocycles. The van der Waals surface area contributed by atoms with E-state index in [0.29, 0.717) is 22.7 Å². The van der Waals surface area contributed by atoms with E-state index in [1.165, 1.54) is 19.7 Å². The summed E-state index contributed by atoms with van der Waals surface area (Å²) in [5.41, 5.74) is 1.09. The van der Waals surface area contributed by atoms with Gasteiger partial charge in [-0.15, -0.1) is 0 Å². The van der Waals surface area contributed by atoms with E-state index >= 15 is 0 Å². The van der Waals surface area contributed by atoms with Crippen molar-refractivity contribution in [1.29, 1.82) is 0 Å². The maximum absolute atomic E-state index is 13.1. The molecule has 170 valence electrons. The van der Waals surface area contributed by atoms with Gasteiger partial charge in [-0.2, -0.15) is 0 Å². The van der Waals surface area contributed by atoms with Gasteiger partial charge in [0.1, 0.15) is 0 Å². The molecule has 1 aliphatic heterocycles. The number of methoxy groups -OCH3 is 2. The number of nitrogens with one attached hydrogen (secondary N) is 1. The van der Waals surface area contributed by atoms with Crippen molar-refractivity contribution in [3.05, 3.63) is 53.0 Å². The van der Waals surface area contributed by atoms with E-state index in [2.05, 4.69) is 4.98 Å². The second kappa shape index (κ2) is 9.67. The highest BCUT2D eigenvalue weighted by Crippen LogP contribution is 2.37. The van der Waals surface area contributed by atoms with Crippen LogP contribution >= 0.6 is 0 Å². The van der Waals surface area contributed by atoms with Crippen LogP contribution in [0.15, 0.2) is 36.5 Å². The van der Waals surface area contributed by atoms with Crippen LogP contribution in [0.25, 0.3) is 0 Å². The van der Waals surface area contributed by atoms with Crippen LogP contribution in [0.5, 0.6) is 11.5 Å². The first kappa shape index (κ1) is 22.2. The third-order valence-electron chi connectivity index (χ3n) is 6.35. The standard InChI is InChI=1S/C24H28N2O6/c1-30-20-13-15(10-11-19(20)32-16-7-4-3-5-8-16)17(14-21(27)31-2)23-24(28)22-18(26(23)29)9-6-12-25-22/h6,9-13,16-17,23,26H,3-5,7-8,14H2,1-2H3. The summed E-state index contributed by atoms with van der Waals surface area (Å²) in [4.78, 5) is 29.4. The zero-order valence-electron chi connectivity index (χ0n) is 18.3. The van der Waals surface area contributed by atoms with Gasteiger partial charge in [0.05, 0.1) is 32.7 Å². The summed E-state index contributed by atoms with van der Waals surface area (Å²) < 4.78 is 16.6. The fourth-order valence-corrected chi connectivity index (χ4v) is 4.67. The molecule has 1 aromatic heterocycles. The van der Waals surface area contributed by atoms with Crippen LogP contribution in [-0.2, 0) is 9.53 Å². The van der Waals surface area contributed by atoms with Gasteiger partial charge < -0.3 is 24.5 Å². The van der Waals surface area contributed by atoms with Gasteiger partial charge in [0, 0.05) is 12.3 Å². The Kier molecular flexibility index (Phi) is 6.72. The molecule has 3 atom stereocenters. The maximum Gasteiger partial charge on any atom is 0.306 e. The zero-order chi connectivity index (χ0) is 22.7. The lowest BCUT2D eigenvalue weighted by molar-refractivity contribution is -0.792. The first-order chi connectivity index (χ1) is 15.5. The van der Waals surface area contributed by atoms with Crippen molar-refractivity contribution in [2.24, 2.45) is 0 Å². The quantitative estimate of drug-likeness (QED) is 0.522. The molecule has 0 saturated heterocycles. The summed E-state index contributed by atoms with van der Waals surface area (Å²) in [6.07, 6.45) is 7.05. The molecule has 4 rings (SSSR count). The van der Waals surface area contributed by atoms with Crippen molar-refractivity contribution < 1.29 is 28.9 Å². The molecule has 3 unspecified atom stereocenters. The Balaban J connectivity index is 1.66. The molecule has 0 radical (unpaired) electrons. The second-order valence-corrected chi connectivity index (χ2v) is 8.28. The van der Waals surface area contributed by atoms with Crippen LogP contribution < -0.4 is 14.5 Å². The number of quaternary nitrogens is 1. The summed E-state index contributed by atoms with van der Waals surface area (Å²) in [6.45, 7) is 0. The van der Waals surface area contributed by atoms with Crippen molar-refractivity contribution in [2.75, 3.05) is 14.2 Å². The number of Topliss-reactive ketones (excluding diaryl/α,β-unsaturated/α-hetero) is 1. The number of hydrogen-bond donors (Lipinski definition) is 1. The number of nitrogens with zero attached hydrogens (tertiary/aromatic N) is 1. The average Bonchev–Trinajstić information content (AvgIpc) is 3.08. The molecular formula is C24H28N2O6. The number of rotatable bonds is 7. The maximum atomic E-state index is 13.1. The molecule has 2 aliphatic rings. The van der Waals surface area contributed by atoms with E-state index < -0.39 is 17.9 Å². The van der Waals surface area contributed by atoms with Crippen LogP contribution in [0.1, 0.15) is 60.5 Å². The molecule has 1 saturated carbocycles. The lowest BCUT2D eigenvalue weighted by Crippen LogP contribution is -3.06. The van der Waals surface area contributed by atoms with Gasteiger partial charge >= 0.3 is 5.97 Å². The highest BCUT2D eigenvalue weighted by atomic mass is 16.5. The Bertz CT molecular complexity index is 988. The number of ether oxygens (including phenoxy) is 3. The second-order valence-electron chi connectivity index (χ2n) is 8.28. The molecule has 0 bridgehead atoms. The number of hydrogen-bond acceptors (Lipinski definition) is 7. The number of aromatic nitrogens is 1. The largest absolute Gasteiger partial charge is 0.628 e. The van der Waals surface area contributed by atoms with Gasteiger partial charge in [-0.25, -0.2) is 4.98 Å². The Labute approximate surface area is 187 Å². The van der Waals surface area contributed by atoms with Crippen molar-refractivity contribution in [3.8, 4) is 11.5 Å². The van der Waals surface area contributed by atoms with Crippen molar-refractivity contribution in [3.63, 3.8) is 0 Å². The summed E-state index contributed by atoms with van der Waals surface area (Å²) in [6, 6.07) is 7.53. The molecular weight excluding hydrogens is 412 g/mol. The van der Waals surface area contributed by atoms with Crippen molar-refractivity contribution in [2.45, 2.75) is 56.6 Å². The molecule has 2 aromatic rings. The summed E-state index contributed by atoms with van der Waals surface area (Å²) in [5.74, 6) is -0.443. The average molecular weight is 440 g/mol. The van der Waals surface area contributed by atoms with Gasteiger partial charge in [0.15, 0.2) is 28.9 Å². The van der Waals surface area contributed by atoms with E-state index in [1.54, 1.807) is 37.4 Å². The van der Waals surface area contributed by atoms with Crippen molar-refractivity contribution >= 4 is 17.4 Å². The fraction of sp³-hybridized carbons (Fsp3) is 0.458. The van der Waals surface area contributed by atoms with E-state index in [-0.39, 0.29) is 29.1 Å². The third kappa shape index (κ3) is 4.33. The molecule has 1 aromatic carbocycles. The Morgan fingerprint density at radius 3 is 2.66 bits per heavy atom. The smallest absolute Gasteiger partial charge is 0.306 e. The highest BCUT2D eigenvalue weighted by Gasteiger charge is 2.46. The molecule has 8 heteroatoms. The monoisotopic (exact) mass is 440 g/mol.